The minimum absolute atomic E-state index is 0.191. The van der Waals surface area contributed by atoms with E-state index in [0.29, 0.717) is 6.04 Å². The van der Waals surface area contributed by atoms with E-state index in [1.807, 2.05) is 0 Å². The molecule has 0 saturated carbocycles. The van der Waals surface area contributed by atoms with E-state index < -0.39 is 0 Å². The number of hydrogen-bond acceptors (Lipinski definition) is 1. The summed E-state index contributed by atoms with van der Waals surface area (Å²) in [4.78, 5) is 0. The molecule has 1 atom stereocenters. The van der Waals surface area contributed by atoms with Crippen LogP contribution >= 0.6 is 11.6 Å². The number of hydrogen-bond donors (Lipinski definition) is 0. The van der Waals surface area contributed by atoms with E-state index >= 15 is 0 Å². The minimum atomic E-state index is 0.191. The number of aryl methyl sites for hydroxylation is 1. The van der Waals surface area contributed by atoms with Crippen LogP contribution in [-0.2, 0) is 6.42 Å². The van der Waals surface area contributed by atoms with Gasteiger partial charge in [-0.3, -0.25) is 4.68 Å². The van der Waals surface area contributed by atoms with Crippen molar-refractivity contribution in [3.05, 3.63) is 18.0 Å². The van der Waals surface area contributed by atoms with Crippen molar-refractivity contribution in [2.45, 2.75) is 78.1 Å². The Morgan fingerprint density at radius 1 is 1.26 bits per heavy atom. The van der Waals surface area contributed by atoms with Gasteiger partial charge in [0.1, 0.15) is 0 Å². The molecule has 0 aliphatic rings. The van der Waals surface area contributed by atoms with Gasteiger partial charge in [-0.05, 0) is 43.6 Å². The molecule has 0 radical (unpaired) electrons. The van der Waals surface area contributed by atoms with Crippen molar-refractivity contribution >= 4 is 11.6 Å². The summed E-state index contributed by atoms with van der Waals surface area (Å²) in [6, 6.07) is 2.70. The van der Waals surface area contributed by atoms with Crippen molar-refractivity contribution in [2.75, 3.05) is 0 Å². The van der Waals surface area contributed by atoms with Crippen LogP contribution in [0.2, 0.25) is 0 Å². The van der Waals surface area contributed by atoms with Crippen molar-refractivity contribution < 1.29 is 0 Å². The molecule has 0 N–H and O–H groups in total. The van der Waals surface area contributed by atoms with Gasteiger partial charge in [-0.15, -0.1) is 11.6 Å². The first-order valence-electron chi connectivity index (χ1n) is 7.56. The van der Waals surface area contributed by atoms with Crippen LogP contribution in [0.5, 0.6) is 0 Å². The third-order valence-corrected chi connectivity index (χ3v) is 4.68. The van der Waals surface area contributed by atoms with Gasteiger partial charge < -0.3 is 0 Å². The van der Waals surface area contributed by atoms with Gasteiger partial charge in [0.25, 0.3) is 0 Å². The molecule has 19 heavy (non-hydrogen) atoms. The van der Waals surface area contributed by atoms with E-state index in [0.717, 1.165) is 32.1 Å². The highest BCUT2D eigenvalue weighted by molar-refractivity contribution is 6.21. The quantitative estimate of drug-likeness (QED) is 0.628. The molecule has 1 heterocycles. The summed E-state index contributed by atoms with van der Waals surface area (Å²) in [6.45, 7) is 11.0. The van der Waals surface area contributed by atoms with E-state index in [2.05, 4.69) is 56.7 Å². The van der Waals surface area contributed by atoms with Crippen molar-refractivity contribution in [1.82, 2.24) is 9.78 Å². The molecule has 0 aliphatic heterocycles. The van der Waals surface area contributed by atoms with E-state index in [1.165, 1.54) is 5.69 Å². The molecule has 3 heteroatoms. The van der Waals surface area contributed by atoms with Gasteiger partial charge in [0, 0.05) is 11.6 Å². The second-order valence-electron chi connectivity index (χ2n) is 6.48. The fourth-order valence-corrected chi connectivity index (χ4v) is 2.43. The van der Waals surface area contributed by atoms with Crippen LogP contribution in [0.3, 0.4) is 0 Å². The topological polar surface area (TPSA) is 17.8 Å². The predicted octanol–water partition coefficient (Wildman–Crippen LogP) is 5.22. The molecule has 0 bridgehead atoms. The van der Waals surface area contributed by atoms with E-state index in [-0.39, 0.29) is 10.8 Å². The van der Waals surface area contributed by atoms with Crippen molar-refractivity contribution in [1.29, 1.82) is 0 Å². The van der Waals surface area contributed by atoms with Gasteiger partial charge in [-0.2, -0.15) is 5.10 Å². The molecule has 1 aromatic heterocycles. The SMILES string of the molecule is CCC(CC)n1ccc(CCCC(Cl)C(C)(C)C)n1. The van der Waals surface area contributed by atoms with Gasteiger partial charge in [0.2, 0.25) is 0 Å². The minimum Gasteiger partial charge on any atom is -0.269 e. The van der Waals surface area contributed by atoms with E-state index in [4.69, 9.17) is 11.6 Å². The first-order valence-corrected chi connectivity index (χ1v) is 8.00. The molecule has 0 saturated heterocycles. The molecule has 1 unspecified atom stereocenters. The summed E-state index contributed by atoms with van der Waals surface area (Å²) < 4.78 is 2.12. The normalized spacial score (nSPS) is 14.1. The maximum atomic E-state index is 6.40. The number of alkyl halides is 1. The van der Waals surface area contributed by atoms with Crippen LogP contribution in [0.4, 0.5) is 0 Å². The highest BCUT2D eigenvalue weighted by atomic mass is 35.5. The van der Waals surface area contributed by atoms with E-state index in [1.54, 1.807) is 0 Å². The fraction of sp³-hybridized carbons (Fsp3) is 0.812. The molecular weight excluding hydrogens is 256 g/mol. The highest BCUT2D eigenvalue weighted by Gasteiger charge is 2.21. The third kappa shape index (κ3) is 5.18. The molecule has 110 valence electrons. The summed E-state index contributed by atoms with van der Waals surface area (Å²) in [5, 5.41) is 4.93. The summed E-state index contributed by atoms with van der Waals surface area (Å²) in [5.41, 5.74) is 1.39. The Morgan fingerprint density at radius 3 is 2.42 bits per heavy atom. The third-order valence-electron chi connectivity index (χ3n) is 3.81. The first-order chi connectivity index (χ1) is 8.88. The van der Waals surface area contributed by atoms with Gasteiger partial charge in [0.05, 0.1) is 11.7 Å². The van der Waals surface area contributed by atoms with Crippen LogP contribution in [0.15, 0.2) is 12.3 Å². The molecular formula is C16H29ClN2. The standard InChI is InChI=1S/C16H29ClN2/c1-6-14(7-2)19-12-11-13(18-19)9-8-10-15(17)16(3,4)5/h11-12,14-15H,6-10H2,1-5H3. The van der Waals surface area contributed by atoms with Crippen molar-refractivity contribution in [3.8, 4) is 0 Å². The lowest BCUT2D eigenvalue weighted by Crippen LogP contribution is -2.20. The van der Waals surface area contributed by atoms with Crippen molar-refractivity contribution in [3.63, 3.8) is 0 Å². The zero-order valence-electron chi connectivity index (χ0n) is 13.1. The lowest BCUT2D eigenvalue weighted by Gasteiger charge is -2.24. The maximum Gasteiger partial charge on any atom is 0.0624 e. The molecule has 1 rings (SSSR count). The lowest BCUT2D eigenvalue weighted by molar-refractivity contribution is 0.368. The summed E-state index contributed by atoms with van der Waals surface area (Å²) >= 11 is 6.40. The summed E-state index contributed by atoms with van der Waals surface area (Å²) in [7, 11) is 0. The van der Waals surface area contributed by atoms with E-state index in [9.17, 15) is 0 Å². The lowest BCUT2D eigenvalue weighted by atomic mass is 9.89. The summed E-state index contributed by atoms with van der Waals surface area (Å²) in [6.07, 6.45) is 7.62. The van der Waals surface area contributed by atoms with Gasteiger partial charge >= 0.3 is 0 Å². The van der Waals surface area contributed by atoms with Gasteiger partial charge in [-0.25, -0.2) is 0 Å². The van der Waals surface area contributed by atoms with Crippen LogP contribution in [0.1, 0.15) is 72.0 Å². The monoisotopic (exact) mass is 284 g/mol. The average molecular weight is 285 g/mol. The Hall–Kier alpha value is -0.500. The van der Waals surface area contributed by atoms with Crippen molar-refractivity contribution in [2.24, 2.45) is 5.41 Å². The van der Waals surface area contributed by atoms with Crippen LogP contribution in [0, 0.1) is 5.41 Å². The number of nitrogens with zero attached hydrogens (tertiary/aromatic N) is 2. The zero-order chi connectivity index (χ0) is 14.5. The van der Waals surface area contributed by atoms with Gasteiger partial charge in [0.15, 0.2) is 0 Å². The van der Waals surface area contributed by atoms with Crippen LogP contribution in [-0.4, -0.2) is 15.2 Å². The first kappa shape index (κ1) is 16.6. The maximum absolute atomic E-state index is 6.40. The molecule has 0 fully saturated rings. The molecule has 0 amide bonds. The average Bonchev–Trinajstić information content (AvgIpc) is 2.78. The van der Waals surface area contributed by atoms with Gasteiger partial charge in [-0.1, -0.05) is 34.6 Å². The Labute approximate surface area is 123 Å². The largest absolute Gasteiger partial charge is 0.269 e. The Bertz CT molecular complexity index is 361. The molecule has 0 aromatic carbocycles. The second kappa shape index (κ2) is 7.33. The molecule has 2 nitrogen and oxygen atoms in total. The zero-order valence-corrected chi connectivity index (χ0v) is 13.9. The molecule has 1 aromatic rings. The number of halogens is 1. The number of rotatable bonds is 7. The highest BCUT2D eigenvalue weighted by Crippen LogP contribution is 2.28. The smallest absolute Gasteiger partial charge is 0.0624 e. The predicted molar refractivity (Wildman–Crippen MR) is 83.9 cm³/mol. The molecule has 0 spiro atoms. The fourth-order valence-electron chi connectivity index (χ4n) is 2.27. The Morgan fingerprint density at radius 2 is 1.89 bits per heavy atom. The Kier molecular flexibility index (Phi) is 6.38. The second-order valence-corrected chi connectivity index (χ2v) is 7.01. The van der Waals surface area contributed by atoms with Crippen LogP contribution in [0.25, 0.3) is 0 Å². The Balaban J connectivity index is 2.43. The van der Waals surface area contributed by atoms with Crippen LogP contribution < -0.4 is 0 Å². The summed E-state index contributed by atoms with van der Waals surface area (Å²) in [5.74, 6) is 0. The molecule has 0 aliphatic carbocycles. The number of aromatic nitrogens is 2.